The van der Waals surface area contributed by atoms with Gasteiger partial charge in [0.2, 0.25) is 0 Å². The third-order valence-electron chi connectivity index (χ3n) is 10.3. The molecule has 1 saturated heterocycles. The first-order valence-electron chi connectivity index (χ1n) is 15.6. The first-order chi connectivity index (χ1) is 20.2. The number of aliphatic hydroxyl groups is 1. The number of hydrogen-bond acceptors (Lipinski definition) is 6. The second-order valence-electron chi connectivity index (χ2n) is 13.4. The summed E-state index contributed by atoms with van der Waals surface area (Å²) in [6.45, 7) is 8.05. The lowest BCUT2D eigenvalue weighted by Crippen LogP contribution is -2.78. The predicted molar refractivity (Wildman–Crippen MR) is 158 cm³/mol. The predicted octanol–water partition coefficient (Wildman–Crippen LogP) is 4.08. The molecule has 5 aliphatic rings. The number of likely N-dealkylation sites (tertiary alicyclic amines) is 1. The first-order valence-corrected chi connectivity index (χ1v) is 15.6. The smallest absolute Gasteiger partial charge is 0.308 e. The Kier molecular flexibility index (Phi) is 6.64. The number of piperidine rings is 1. The lowest BCUT2D eigenvalue weighted by atomic mass is 9.48. The fraction of sp³-hybridized carbons (Fsp3) is 0.543. The fourth-order valence-corrected chi connectivity index (χ4v) is 8.48. The summed E-state index contributed by atoms with van der Waals surface area (Å²) >= 11 is 0. The van der Waals surface area contributed by atoms with Crippen molar-refractivity contribution in [2.24, 2.45) is 11.8 Å². The second kappa shape index (κ2) is 10.1. The molecule has 0 aromatic heterocycles. The third kappa shape index (κ3) is 4.26. The molecule has 2 bridgehead atoms. The number of carbonyl (C=O) groups is 2. The van der Waals surface area contributed by atoms with Gasteiger partial charge in [0.05, 0.1) is 17.1 Å². The summed E-state index contributed by atoms with van der Waals surface area (Å²) in [5, 5.41) is 12.9. The molecule has 0 radical (unpaired) electrons. The summed E-state index contributed by atoms with van der Waals surface area (Å²) in [5.41, 5.74) is 1.25. The van der Waals surface area contributed by atoms with Crippen molar-refractivity contribution in [2.75, 3.05) is 19.6 Å². The van der Waals surface area contributed by atoms with Gasteiger partial charge in [0.1, 0.15) is 6.10 Å². The lowest BCUT2D eigenvalue weighted by molar-refractivity contribution is -0.201. The second-order valence-corrected chi connectivity index (χ2v) is 13.4. The molecular formula is C35H40N2O5. The van der Waals surface area contributed by atoms with Crippen LogP contribution in [0.5, 0.6) is 11.5 Å². The maximum absolute atomic E-state index is 13.9. The number of benzene rings is 2. The molecule has 1 spiro atoms. The van der Waals surface area contributed by atoms with Gasteiger partial charge in [0.15, 0.2) is 11.5 Å². The van der Waals surface area contributed by atoms with Crippen molar-refractivity contribution < 1.29 is 24.2 Å². The Hall–Kier alpha value is -3.34. The van der Waals surface area contributed by atoms with Crippen LogP contribution in [0, 0.1) is 23.7 Å². The number of hydrogen-bond donors (Lipinski definition) is 1. The van der Waals surface area contributed by atoms with E-state index in [4.69, 9.17) is 9.47 Å². The average molecular weight is 569 g/mol. The molecule has 1 N–H and O–H groups in total. The average Bonchev–Trinajstić information content (AvgIpc) is 3.70. The van der Waals surface area contributed by atoms with Crippen LogP contribution in [-0.2, 0) is 21.4 Å². The van der Waals surface area contributed by atoms with Crippen molar-refractivity contribution in [3.8, 4) is 23.3 Å². The van der Waals surface area contributed by atoms with Gasteiger partial charge in [-0.3, -0.25) is 14.5 Å². The molecule has 7 heteroatoms. The fourth-order valence-electron chi connectivity index (χ4n) is 8.48. The Balaban J connectivity index is 1.32. The van der Waals surface area contributed by atoms with Gasteiger partial charge in [-0.2, -0.15) is 0 Å². The molecule has 2 aromatic rings. The summed E-state index contributed by atoms with van der Waals surface area (Å²) in [6.07, 6.45) is 4.74. The van der Waals surface area contributed by atoms with Crippen molar-refractivity contribution >= 4 is 11.9 Å². The number of amides is 1. The molecule has 7 rings (SSSR count). The zero-order valence-electron chi connectivity index (χ0n) is 24.8. The third-order valence-corrected chi connectivity index (χ3v) is 10.3. The van der Waals surface area contributed by atoms with Crippen LogP contribution in [0.25, 0.3) is 0 Å². The van der Waals surface area contributed by atoms with Gasteiger partial charge in [0, 0.05) is 43.1 Å². The summed E-state index contributed by atoms with van der Waals surface area (Å²) in [5.74, 6) is 7.26. The number of esters is 1. The van der Waals surface area contributed by atoms with E-state index in [0.29, 0.717) is 30.9 Å². The van der Waals surface area contributed by atoms with E-state index in [2.05, 4.69) is 36.7 Å². The van der Waals surface area contributed by atoms with Crippen molar-refractivity contribution in [3.63, 3.8) is 0 Å². The van der Waals surface area contributed by atoms with Gasteiger partial charge in [-0.1, -0.05) is 44.0 Å². The van der Waals surface area contributed by atoms with E-state index >= 15 is 0 Å². The standard InChI is InChI=1S/C35H40N2O5/c1-22(2)20-37(30(39)14-11-24-7-5-4-6-8-24)27-15-16-35(40)29-19-26-12-13-28(41-23(3)38)32-31(26)34(35,33(27)42-32)17-18-36(29)21-25-9-10-25/h4-8,12-13,22,25,27,29,33,40H,9-10,15-21H2,1-3H3/t27-,29-,33+,34+,35-/m1/s1. The Labute approximate surface area is 248 Å². The Morgan fingerprint density at radius 3 is 2.64 bits per heavy atom. The van der Waals surface area contributed by atoms with Gasteiger partial charge in [-0.05, 0) is 80.7 Å². The summed E-state index contributed by atoms with van der Waals surface area (Å²) < 4.78 is 12.6. The Bertz CT molecular complexity index is 1470. The maximum Gasteiger partial charge on any atom is 0.308 e. The van der Waals surface area contributed by atoms with Gasteiger partial charge in [0.25, 0.3) is 5.91 Å². The highest BCUT2D eigenvalue weighted by molar-refractivity contribution is 5.94. The maximum atomic E-state index is 13.9. The minimum atomic E-state index is -1.00. The van der Waals surface area contributed by atoms with E-state index in [1.165, 1.54) is 19.8 Å². The van der Waals surface area contributed by atoms with Gasteiger partial charge in [-0.15, -0.1) is 0 Å². The van der Waals surface area contributed by atoms with E-state index in [-0.39, 0.29) is 23.9 Å². The molecular weight excluding hydrogens is 528 g/mol. The number of ether oxygens (including phenoxy) is 2. The van der Waals surface area contributed by atoms with Crippen LogP contribution in [0.15, 0.2) is 42.5 Å². The number of nitrogens with zero attached hydrogens (tertiary/aromatic N) is 2. The molecule has 2 aromatic carbocycles. The Morgan fingerprint density at radius 2 is 1.93 bits per heavy atom. The number of carbonyl (C=O) groups excluding carboxylic acids is 2. The largest absolute Gasteiger partial charge is 0.483 e. The zero-order chi connectivity index (χ0) is 29.2. The summed E-state index contributed by atoms with van der Waals surface area (Å²) in [6, 6.07) is 13.2. The molecule has 2 saturated carbocycles. The molecule has 0 unspecified atom stereocenters. The number of rotatable bonds is 6. The van der Waals surface area contributed by atoms with Gasteiger partial charge < -0.3 is 19.5 Å². The van der Waals surface area contributed by atoms with Gasteiger partial charge >= 0.3 is 5.97 Å². The van der Waals surface area contributed by atoms with Crippen LogP contribution in [0.1, 0.15) is 69.6 Å². The van der Waals surface area contributed by atoms with Crippen molar-refractivity contribution in [2.45, 2.75) is 88.5 Å². The first kappa shape index (κ1) is 27.5. The monoisotopic (exact) mass is 568 g/mol. The highest BCUT2D eigenvalue weighted by Crippen LogP contribution is 2.66. The van der Waals surface area contributed by atoms with Crippen LogP contribution in [0.3, 0.4) is 0 Å². The van der Waals surface area contributed by atoms with Gasteiger partial charge in [-0.25, -0.2) is 0 Å². The molecule has 220 valence electrons. The quantitative estimate of drug-likeness (QED) is 0.322. The molecule has 1 amide bonds. The van der Waals surface area contributed by atoms with E-state index in [9.17, 15) is 14.7 Å². The van der Waals surface area contributed by atoms with E-state index < -0.39 is 23.1 Å². The van der Waals surface area contributed by atoms with Crippen LogP contribution >= 0.6 is 0 Å². The minimum Gasteiger partial charge on any atom is -0.483 e. The Morgan fingerprint density at radius 1 is 1.14 bits per heavy atom. The topological polar surface area (TPSA) is 79.3 Å². The highest BCUT2D eigenvalue weighted by Gasteiger charge is 2.73. The van der Waals surface area contributed by atoms with Crippen molar-refractivity contribution in [3.05, 3.63) is 59.2 Å². The molecule has 3 aliphatic carbocycles. The molecule has 42 heavy (non-hydrogen) atoms. The van der Waals surface area contributed by atoms with Crippen LogP contribution in [-0.4, -0.2) is 70.2 Å². The summed E-state index contributed by atoms with van der Waals surface area (Å²) in [7, 11) is 0. The van der Waals surface area contributed by atoms with Crippen LogP contribution in [0.4, 0.5) is 0 Å². The normalized spacial score (nSPS) is 30.5. The lowest BCUT2D eigenvalue weighted by Gasteiger charge is -2.64. The molecule has 7 nitrogen and oxygen atoms in total. The van der Waals surface area contributed by atoms with E-state index in [1.807, 2.05) is 41.3 Å². The minimum absolute atomic E-state index is 0.0101. The van der Waals surface area contributed by atoms with Crippen LogP contribution in [0.2, 0.25) is 0 Å². The zero-order valence-corrected chi connectivity index (χ0v) is 24.8. The molecule has 5 atom stereocenters. The van der Waals surface area contributed by atoms with Crippen LogP contribution < -0.4 is 9.47 Å². The summed E-state index contributed by atoms with van der Waals surface area (Å²) in [4.78, 5) is 30.4. The molecule has 2 aliphatic heterocycles. The van der Waals surface area contributed by atoms with E-state index in [1.54, 1.807) is 0 Å². The molecule has 2 heterocycles. The highest BCUT2D eigenvalue weighted by atomic mass is 16.6. The van der Waals surface area contributed by atoms with E-state index in [0.717, 1.165) is 48.5 Å². The van der Waals surface area contributed by atoms with Crippen molar-refractivity contribution in [1.29, 1.82) is 0 Å². The molecule has 3 fully saturated rings. The van der Waals surface area contributed by atoms with Crippen molar-refractivity contribution in [1.82, 2.24) is 9.80 Å². The SMILES string of the molecule is CC(=O)Oc1ccc2c3c1O[C@H]1[C@H](N(CC(C)C)C(=O)C#Cc4ccccc4)CC[C@@]4(O)[C@@H](C2)N(CC2CC2)CC[C@]314.